The molecule has 1 aliphatic rings. The van der Waals surface area contributed by atoms with Crippen molar-refractivity contribution in [1.29, 1.82) is 0 Å². The van der Waals surface area contributed by atoms with E-state index in [1.807, 2.05) is 0 Å². The van der Waals surface area contributed by atoms with Crippen LogP contribution in [0.3, 0.4) is 0 Å². The van der Waals surface area contributed by atoms with Crippen molar-refractivity contribution in [3.63, 3.8) is 0 Å². The first-order valence-electron chi connectivity index (χ1n) is 8.50. The molecule has 3 aromatic rings. The summed E-state index contributed by atoms with van der Waals surface area (Å²) in [5.74, 6) is -1.71. The molecule has 1 aliphatic carbocycles. The topological polar surface area (TPSA) is 118 Å². The van der Waals surface area contributed by atoms with E-state index in [-0.39, 0.29) is 17.1 Å². The molecule has 154 valence electrons. The lowest BCUT2D eigenvalue weighted by Gasteiger charge is -2.08. The number of alkyl halides is 3. The van der Waals surface area contributed by atoms with E-state index < -0.39 is 12.3 Å². The van der Waals surface area contributed by atoms with E-state index in [1.54, 1.807) is 0 Å². The Kier molecular flexibility index (Phi) is 5.89. The standard InChI is InChI=1S/C10H8N2O3S.C8H8F3NO/c13-8-6-4-2-1-3-5(4)16-9(6)12-7(11-8)10(14)15;9-8(10,11)13-7-3-1-6(5-12)2-4-7/h1-3H2,(H,14,15)(H,11,12,13);1-4H,5,12H2. The summed E-state index contributed by atoms with van der Waals surface area (Å²) < 4.78 is 38.7. The van der Waals surface area contributed by atoms with Crippen LogP contribution in [0.4, 0.5) is 13.2 Å². The van der Waals surface area contributed by atoms with Gasteiger partial charge in [-0.3, -0.25) is 4.79 Å². The number of fused-ring (bicyclic) bond motifs is 3. The van der Waals surface area contributed by atoms with Crippen molar-refractivity contribution in [3.05, 3.63) is 56.4 Å². The van der Waals surface area contributed by atoms with Crippen molar-refractivity contribution in [2.45, 2.75) is 32.2 Å². The molecule has 4 N–H and O–H groups in total. The first-order valence-corrected chi connectivity index (χ1v) is 9.32. The van der Waals surface area contributed by atoms with Crippen LogP contribution in [0.5, 0.6) is 5.75 Å². The van der Waals surface area contributed by atoms with Gasteiger partial charge in [0.15, 0.2) is 0 Å². The van der Waals surface area contributed by atoms with Crippen molar-refractivity contribution in [2.75, 3.05) is 0 Å². The number of aromatic amines is 1. The molecule has 0 amide bonds. The summed E-state index contributed by atoms with van der Waals surface area (Å²) in [5, 5.41) is 9.37. The number of nitrogens with one attached hydrogen (secondary N) is 1. The second kappa shape index (κ2) is 8.21. The maximum absolute atomic E-state index is 11.8. The minimum Gasteiger partial charge on any atom is -0.475 e. The Labute approximate surface area is 166 Å². The van der Waals surface area contributed by atoms with Crippen LogP contribution in [0.1, 0.15) is 33.0 Å². The number of hydrogen-bond donors (Lipinski definition) is 3. The molecule has 2 aromatic heterocycles. The zero-order valence-electron chi connectivity index (χ0n) is 14.9. The number of hydrogen-bond acceptors (Lipinski definition) is 6. The molecule has 0 fully saturated rings. The van der Waals surface area contributed by atoms with Crippen LogP contribution < -0.4 is 16.0 Å². The van der Waals surface area contributed by atoms with Crippen LogP contribution in [0, 0.1) is 0 Å². The lowest BCUT2D eigenvalue weighted by atomic mass is 10.2. The first-order chi connectivity index (χ1) is 13.7. The Hall–Kier alpha value is -2.92. The van der Waals surface area contributed by atoms with Crippen molar-refractivity contribution >= 4 is 27.5 Å². The van der Waals surface area contributed by atoms with E-state index >= 15 is 0 Å². The van der Waals surface area contributed by atoms with Crippen molar-refractivity contribution < 1.29 is 27.8 Å². The van der Waals surface area contributed by atoms with E-state index in [0.29, 0.717) is 16.8 Å². The summed E-state index contributed by atoms with van der Waals surface area (Å²) in [7, 11) is 0. The van der Waals surface area contributed by atoms with Gasteiger partial charge in [-0.2, -0.15) is 0 Å². The Morgan fingerprint density at radius 2 is 1.97 bits per heavy atom. The number of thiophene rings is 1. The number of nitrogens with two attached hydrogens (primary N) is 1. The second-order valence-electron chi connectivity index (χ2n) is 6.15. The summed E-state index contributed by atoms with van der Waals surface area (Å²) in [6.45, 7) is 0.298. The first kappa shape index (κ1) is 20.8. The highest BCUT2D eigenvalue weighted by Crippen LogP contribution is 2.34. The zero-order chi connectivity index (χ0) is 21.2. The maximum Gasteiger partial charge on any atom is 0.573 e. The maximum atomic E-state index is 11.8. The minimum atomic E-state index is -4.63. The third kappa shape index (κ3) is 4.93. The number of carboxylic acid groups (broad SMARTS) is 1. The number of aromatic nitrogens is 2. The molecule has 0 bridgehead atoms. The Morgan fingerprint density at radius 3 is 2.55 bits per heavy atom. The summed E-state index contributed by atoms with van der Waals surface area (Å²) in [5.41, 5.74) is 6.75. The fraction of sp³-hybridized carbons (Fsp3) is 0.278. The zero-order valence-corrected chi connectivity index (χ0v) is 15.7. The van der Waals surface area contributed by atoms with Gasteiger partial charge in [0, 0.05) is 11.4 Å². The number of carboxylic acids is 1. The highest BCUT2D eigenvalue weighted by molar-refractivity contribution is 7.18. The average molecular weight is 427 g/mol. The van der Waals surface area contributed by atoms with Crippen LogP contribution >= 0.6 is 11.3 Å². The molecule has 0 aliphatic heterocycles. The molecule has 0 unspecified atom stereocenters. The van der Waals surface area contributed by atoms with E-state index in [4.69, 9.17) is 10.8 Å². The van der Waals surface area contributed by atoms with Crippen LogP contribution in [0.2, 0.25) is 0 Å². The predicted octanol–water partition coefficient (Wildman–Crippen LogP) is 3.22. The Balaban J connectivity index is 0.000000170. The Bertz CT molecular complexity index is 1090. The van der Waals surface area contributed by atoms with Gasteiger partial charge < -0.3 is 20.6 Å². The van der Waals surface area contributed by atoms with Crippen molar-refractivity contribution in [2.24, 2.45) is 5.73 Å². The van der Waals surface area contributed by atoms with Gasteiger partial charge in [0.05, 0.1) is 5.39 Å². The quantitative estimate of drug-likeness (QED) is 0.591. The van der Waals surface area contributed by atoms with Gasteiger partial charge in [0.25, 0.3) is 5.56 Å². The van der Waals surface area contributed by atoms with Crippen molar-refractivity contribution in [3.8, 4) is 5.75 Å². The van der Waals surface area contributed by atoms with Gasteiger partial charge in [-0.25, -0.2) is 9.78 Å². The number of H-pyrrole nitrogens is 1. The lowest BCUT2D eigenvalue weighted by molar-refractivity contribution is -0.274. The summed E-state index contributed by atoms with van der Waals surface area (Å²) in [6.07, 6.45) is -1.70. The smallest absolute Gasteiger partial charge is 0.475 e. The molecule has 0 saturated carbocycles. The van der Waals surface area contributed by atoms with Crippen LogP contribution in [0.25, 0.3) is 10.2 Å². The number of halogens is 3. The molecular formula is C18H16F3N3O4S. The largest absolute Gasteiger partial charge is 0.573 e. The second-order valence-corrected chi connectivity index (χ2v) is 7.24. The Morgan fingerprint density at radius 1 is 1.28 bits per heavy atom. The number of carbonyl (C=O) groups is 1. The fourth-order valence-corrected chi connectivity index (χ4v) is 4.19. The monoisotopic (exact) mass is 427 g/mol. The van der Waals surface area contributed by atoms with Crippen LogP contribution in [-0.4, -0.2) is 27.4 Å². The molecule has 7 nitrogen and oxygen atoms in total. The summed E-state index contributed by atoms with van der Waals surface area (Å²) in [4.78, 5) is 30.5. The average Bonchev–Trinajstić information content (AvgIpc) is 3.22. The van der Waals surface area contributed by atoms with E-state index in [0.717, 1.165) is 30.4 Å². The van der Waals surface area contributed by atoms with Gasteiger partial charge >= 0.3 is 12.3 Å². The number of nitrogens with zero attached hydrogens (tertiary/aromatic N) is 1. The van der Waals surface area contributed by atoms with E-state index in [9.17, 15) is 22.8 Å². The SMILES string of the molecule is NCc1ccc(OC(F)(F)F)cc1.O=C(O)c1nc2sc3c(c2c(=O)[nH]1)CCC3. The fourth-order valence-electron chi connectivity index (χ4n) is 2.93. The molecule has 0 atom stereocenters. The summed E-state index contributed by atoms with van der Waals surface area (Å²) in [6, 6.07) is 5.44. The minimum absolute atomic E-state index is 0.232. The number of benzene rings is 1. The van der Waals surface area contributed by atoms with Gasteiger partial charge in [-0.1, -0.05) is 12.1 Å². The molecule has 29 heavy (non-hydrogen) atoms. The highest BCUT2D eigenvalue weighted by Gasteiger charge is 2.30. The molecule has 1 aromatic carbocycles. The molecule has 0 spiro atoms. The predicted molar refractivity (Wildman–Crippen MR) is 100 cm³/mol. The van der Waals surface area contributed by atoms with Gasteiger partial charge in [-0.15, -0.1) is 24.5 Å². The normalized spacial score (nSPS) is 13.0. The molecular weight excluding hydrogens is 411 g/mol. The van der Waals surface area contributed by atoms with Gasteiger partial charge in [-0.05, 0) is 42.5 Å². The van der Waals surface area contributed by atoms with Crippen LogP contribution in [0.15, 0.2) is 29.1 Å². The number of aryl methyl sites for hydroxylation is 2. The molecule has 0 saturated heterocycles. The molecule has 11 heteroatoms. The van der Waals surface area contributed by atoms with E-state index in [1.165, 1.54) is 40.5 Å². The third-order valence-corrected chi connectivity index (χ3v) is 5.36. The highest BCUT2D eigenvalue weighted by atomic mass is 32.1. The molecule has 0 radical (unpaired) electrons. The third-order valence-electron chi connectivity index (χ3n) is 4.17. The number of rotatable bonds is 3. The number of ether oxygens (including phenoxy) is 1. The van der Waals surface area contributed by atoms with Crippen LogP contribution in [-0.2, 0) is 19.4 Å². The van der Waals surface area contributed by atoms with Crippen molar-refractivity contribution in [1.82, 2.24) is 9.97 Å². The molecule has 2 heterocycles. The van der Waals surface area contributed by atoms with Gasteiger partial charge in [0.2, 0.25) is 5.82 Å². The van der Waals surface area contributed by atoms with Gasteiger partial charge in [0.1, 0.15) is 10.6 Å². The lowest BCUT2D eigenvalue weighted by Crippen LogP contribution is -2.17. The summed E-state index contributed by atoms with van der Waals surface area (Å²) >= 11 is 1.44. The number of aromatic carboxylic acids is 1. The molecule has 4 rings (SSSR count). The van der Waals surface area contributed by atoms with E-state index in [2.05, 4.69) is 14.7 Å².